The first-order valence-electron chi connectivity index (χ1n) is 7.29. The first kappa shape index (κ1) is 16.7. The molecule has 2 heterocycles. The molecule has 126 valence electrons. The number of aliphatic hydroxyl groups excluding tert-OH is 1. The van der Waals surface area contributed by atoms with Gasteiger partial charge in [0, 0.05) is 22.6 Å². The number of nitrogens with zero attached hydrogens (tertiary/aromatic N) is 3. The van der Waals surface area contributed by atoms with E-state index in [4.69, 9.17) is 9.84 Å². The molecule has 6 nitrogen and oxygen atoms in total. The summed E-state index contributed by atoms with van der Waals surface area (Å²) >= 11 is -1.65. The number of aryl methyl sites for hydroxylation is 2. The van der Waals surface area contributed by atoms with E-state index in [9.17, 15) is 8.94 Å². The number of fused-ring (bicyclic) bond motifs is 1. The second-order valence-corrected chi connectivity index (χ2v) is 6.62. The molecule has 0 aliphatic carbocycles. The van der Waals surface area contributed by atoms with Crippen LogP contribution >= 0.6 is 0 Å². The number of hydrogen-bond donors (Lipinski definition) is 1. The molecule has 1 atom stereocenters. The van der Waals surface area contributed by atoms with Gasteiger partial charge in [0.2, 0.25) is 5.65 Å². The zero-order valence-corrected chi connectivity index (χ0v) is 14.0. The summed E-state index contributed by atoms with van der Waals surface area (Å²) in [5.41, 5.74) is 1.99. The molecule has 0 aliphatic rings. The van der Waals surface area contributed by atoms with Gasteiger partial charge in [-0.25, -0.2) is 13.9 Å². The summed E-state index contributed by atoms with van der Waals surface area (Å²) in [7, 11) is 0. The maximum Gasteiger partial charge on any atom is 0.293 e. The zero-order chi connectivity index (χ0) is 17.3. The minimum Gasteiger partial charge on any atom is -0.606 e. The van der Waals surface area contributed by atoms with E-state index in [0.29, 0.717) is 15.4 Å². The number of aliphatic hydroxyl groups is 1. The van der Waals surface area contributed by atoms with Crippen molar-refractivity contribution in [1.29, 1.82) is 0 Å². The summed E-state index contributed by atoms with van der Waals surface area (Å²) in [6.45, 7) is 3.52. The summed E-state index contributed by atoms with van der Waals surface area (Å²) < 4.78 is 33.1. The number of rotatable bonds is 5. The van der Waals surface area contributed by atoms with Crippen molar-refractivity contribution in [2.45, 2.75) is 23.6 Å². The van der Waals surface area contributed by atoms with Crippen LogP contribution in [-0.2, 0) is 11.2 Å². The van der Waals surface area contributed by atoms with Crippen LogP contribution in [0.1, 0.15) is 11.4 Å². The lowest BCUT2D eigenvalue weighted by Gasteiger charge is -2.10. The van der Waals surface area contributed by atoms with E-state index >= 15 is 0 Å². The topological polar surface area (TPSA) is 82.7 Å². The Kier molecular flexibility index (Phi) is 4.70. The fourth-order valence-electron chi connectivity index (χ4n) is 2.36. The van der Waals surface area contributed by atoms with Crippen LogP contribution in [0, 0.1) is 19.7 Å². The van der Waals surface area contributed by atoms with Crippen molar-refractivity contribution in [1.82, 2.24) is 14.6 Å². The van der Waals surface area contributed by atoms with Crippen LogP contribution in [0.2, 0.25) is 0 Å². The predicted molar refractivity (Wildman–Crippen MR) is 86.1 cm³/mol. The Morgan fingerprint density at radius 1 is 1.29 bits per heavy atom. The second-order valence-electron chi connectivity index (χ2n) is 5.20. The highest BCUT2D eigenvalue weighted by molar-refractivity contribution is 7.91. The van der Waals surface area contributed by atoms with Crippen LogP contribution in [0.5, 0.6) is 5.88 Å². The van der Waals surface area contributed by atoms with Crippen LogP contribution in [0.15, 0.2) is 40.1 Å². The van der Waals surface area contributed by atoms with Gasteiger partial charge < -0.3 is 14.4 Å². The molecule has 1 N–H and O–H groups in total. The molecule has 0 radical (unpaired) electrons. The lowest BCUT2D eigenvalue weighted by molar-refractivity contribution is 0.193. The van der Waals surface area contributed by atoms with Gasteiger partial charge in [-0.3, -0.25) is 0 Å². The predicted octanol–water partition coefficient (Wildman–Crippen LogP) is 2.02. The lowest BCUT2D eigenvalue weighted by atomic mass is 10.3. The summed E-state index contributed by atoms with van der Waals surface area (Å²) in [6.07, 6.45) is 0. The Labute approximate surface area is 141 Å². The van der Waals surface area contributed by atoms with E-state index in [1.165, 1.54) is 24.3 Å². The van der Waals surface area contributed by atoms with Gasteiger partial charge in [-0.2, -0.15) is 0 Å². The van der Waals surface area contributed by atoms with E-state index in [1.807, 2.05) is 19.9 Å². The van der Waals surface area contributed by atoms with Crippen molar-refractivity contribution < 1.29 is 18.8 Å². The Hall–Kier alpha value is -2.16. The highest BCUT2D eigenvalue weighted by atomic mass is 32.2. The van der Waals surface area contributed by atoms with Gasteiger partial charge >= 0.3 is 0 Å². The molecule has 0 saturated heterocycles. The second kappa shape index (κ2) is 6.76. The summed E-state index contributed by atoms with van der Waals surface area (Å²) in [4.78, 5) is 5.15. The van der Waals surface area contributed by atoms with Crippen molar-refractivity contribution in [3.63, 3.8) is 0 Å². The Morgan fingerprint density at radius 2 is 2.00 bits per heavy atom. The molecule has 2 aromatic heterocycles. The number of ether oxygens (including phenoxy) is 1. The molecule has 8 heteroatoms. The van der Waals surface area contributed by atoms with Gasteiger partial charge in [0.15, 0.2) is 4.90 Å². The highest BCUT2D eigenvalue weighted by Crippen LogP contribution is 2.32. The molecule has 3 aromatic rings. The molecule has 0 spiro atoms. The molecular weight excluding hydrogens is 333 g/mol. The molecule has 1 aromatic carbocycles. The maximum absolute atomic E-state index is 13.1. The van der Waals surface area contributed by atoms with Crippen molar-refractivity contribution >= 4 is 16.8 Å². The van der Waals surface area contributed by atoms with Gasteiger partial charge in [-0.1, -0.05) is 0 Å². The van der Waals surface area contributed by atoms with Gasteiger partial charge in [-0.05, 0) is 44.2 Å². The lowest BCUT2D eigenvalue weighted by Crippen LogP contribution is -2.08. The summed E-state index contributed by atoms with van der Waals surface area (Å²) in [6, 6.07) is 7.25. The number of aromatic nitrogens is 3. The molecule has 0 fully saturated rings. The van der Waals surface area contributed by atoms with Crippen LogP contribution in [0.3, 0.4) is 0 Å². The Balaban J connectivity index is 2.17. The fourth-order valence-corrected chi connectivity index (χ4v) is 3.53. The van der Waals surface area contributed by atoms with Gasteiger partial charge in [0.05, 0.1) is 6.61 Å². The third-order valence-corrected chi connectivity index (χ3v) is 4.79. The quantitative estimate of drug-likeness (QED) is 0.713. The minimum atomic E-state index is -1.65. The number of hydrogen-bond acceptors (Lipinski definition) is 5. The number of halogens is 1. The molecule has 24 heavy (non-hydrogen) atoms. The summed E-state index contributed by atoms with van der Waals surface area (Å²) in [5.74, 6) is -0.259. The van der Waals surface area contributed by atoms with Crippen LogP contribution < -0.4 is 4.74 Å². The van der Waals surface area contributed by atoms with Gasteiger partial charge in [-0.15, -0.1) is 5.10 Å². The fraction of sp³-hybridized carbons (Fsp3) is 0.250. The van der Waals surface area contributed by atoms with E-state index in [1.54, 1.807) is 4.52 Å². The molecule has 0 aliphatic heterocycles. The molecule has 0 amide bonds. The van der Waals surface area contributed by atoms with Crippen molar-refractivity contribution in [2.75, 3.05) is 13.2 Å². The highest BCUT2D eigenvalue weighted by Gasteiger charge is 2.30. The number of benzene rings is 1. The largest absolute Gasteiger partial charge is 0.606 e. The third kappa shape index (κ3) is 3.08. The minimum absolute atomic E-state index is 0.0233. The van der Waals surface area contributed by atoms with Gasteiger partial charge in [0.1, 0.15) is 12.4 Å². The van der Waals surface area contributed by atoms with Crippen molar-refractivity contribution in [2.24, 2.45) is 0 Å². The molecular formula is C16H16FN3O3S. The normalized spacial score (nSPS) is 12.5. The maximum atomic E-state index is 13.1. The van der Waals surface area contributed by atoms with Crippen LogP contribution in [-0.4, -0.2) is 37.5 Å². The first-order valence-corrected chi connectivity index (χ1v) is 8.44. The van der Waals surface area contributed by atoms with E-state index in [2.05, 4.69) is 10.1 Å². The van der Waals surface area contributed by atoms with E-state index in [-0.39, 0.29) is 19.1 Å². The smallest absolute Gasteiger partial charge is 0.293 e. The van der Waals surface area contributed by atoms with Crippen molar-refractivity contribution in [3.8, 4) is 5.88 Å². The molecule has 0 saturated carbocycles. The van der Waals surface area contributed by atoms with Crippen LogP contribution in [0.25, 0.3) is 5.65 Å². The standard InChI is InChI=1S/C16H16FN3O3S/c1-10-9-11(2)20-15(18-10)14(16(19-20)23-8-7-21)24(22)13-5-3-12(17)4-6-13/h3-6,9,21H,7-8H2,1-2H3/t24-/m1/s1. The average Bonchev–Trinajstić information content (AvgIpc) is 2.91. The van der Waals surface area contributed by atoms with Crippen molar-refractivity contribution in [3.05, 3.63) is 47.5 Å². The average molecular weight is 349 g/mol. The van der Waals surface area contributed by atoms with Crippen LogP contribution in [0.4, 0.5) is 4.39 Å². The molecule has 0 unspecified atom stereocenters. The molecule has 3 rings (SSSR count). The third-order valence-electron chi connectivity index (χ3n) is 3.37. The van der Waals surface area contributed by atoms with E-state index in [0.717, 1.165) is 11.4 Å². The Morgan fingerprint density at radius 3 is 2.67 bits per heavy atom. The SMILES string of the molecule is Cc1cc(C)n2nc(OCCO)c([S@+]([O-])c3ccc(F)cc3)c2n1. The summed E-state index contributed by atoms with van der Waals surface area (Å²) in [5, 5.41) is 13.3. The Bertz CT molecular complexity index is 867. The molecule has 0 bridgehead atoms. The zero-order valence-electron chi connectivity index (χ0n) is 13.2. The van der Waals surface area contributed by atoms with Gasteiger partial charge in [0.25, 0.3) is 10.8 Å². The monoisotopic (exact) mass is 349 g/mol. The van der Waals surface area contributed by atoms with E-state index < -0.39 is 17.0 Å². The first-order chi connectivity index (χ1) is 11.5.